The zero-order valence-electron chi connectivity index (χ0n) is 9.45. The number of nitrogens with zero attached hydrogens (tertiary/aromatic N) is 1. The van der Waals surface area contributed by atoms with Gasteiger partial charge >= 0.3 is 0 Å². The van der Waals surface area contributed by atoms with E-state index in [9.17, 15) is 17.2 Å². The van der Waals surface area contributed by atoms with Gasteiger partial charge in [0.1, 0.15) is 16.7 Å². The summed E-state index contributed by atoms with van der Waals surface area (Å²) < 4.78 is 53.6. The van der Waals surface area contributed by atoms with Crippen molar-refractivity contribution in [2.24, 2.45) is 0 Å². The normalized spacial score (nSPS) is 12.1. The van der Waals surface area contributed by atoms with Crippen molar-refractivity contribution in [1.82, 2.24) is 9.71 Å². The molecule has 1 aromatic heterocycles. The fraction of sp³-hybridized carbons (Fsp3) is 0.444. The van der Waals surface area contributed by atoms with Crippen LogP contribution >= 0.6 is 23.2 Å². The molecule has 0 bridgehead atoms. The van der Waals surface area contributed by atoms with Crippen LogP contribution in [0.2, 0.25) is 10.2 Å². The van der Waals surface area contributed by atoms with Crippen LogP contribution < -0.4 is 4.72 Å². The molecule has 5 nitrogen and oxygen atoms in total. The van der Waals surface area contributed by atoms with E-state index in [2.05, 4.69) is 14.4 Å². The number of halogens is 4. The summed E-state index contributed by atoms with van der Waals surface area (Å²) in [6, 6.07) is 1.14. The third kappa shape index (κ3) is 5.53. The van der Waals surface area contributed by atoms with E-state index < -0.39 is 23.1 Å². The first-order valence-electron chi connectivity index (χ1n) is 4.99. The lowest BCUT2D eigenvalue weighted by molar-refractivity contribution is 0.0199. The van der Waals surface area contributed by atoms with Crippen molar-refractivity contribution in [2.45, 2.75) is 11.3 Å². The molecular formula is C9H10Cl2F2N2O3S. The van der Waals surface area contributed by atoms with Gasteiger partial charge in [0.25, 0.3) is 6.43 Å². The second-order valence-corrected chi connectivity index (χ2v) is 5.84. The first kappa shape index (κ1) is 16.5. The van der Waals surface area contributed by atoms with E-state index in [1.165, 1.54) is 0 Å². The summed E-state index contributed by atoms with van der Waals surface area (Å²) in [6.45, 7) is -1.05. The number of pyridine rings is 1. The predicted octanol–water partition coefficient (Wildman–Crippen LogP) is 1.95. The van der Waals surface area contributed by atoms with Gasteiger partial charge in [-0.25, -0.2) is 26.9 Å². The van der Waals surface area contributed by atoms with E-state index in [-0.39, 0.29) is 28.2 Å². The Morgan fingerprint density at radius 2 is 2.11 bits per heavy atom. The van der Waals surface area contributed by atoms with E-state index in [0.717, 1.165) is 12.3 Å². The zero-order valence-corrected chi connectivity index (χ0v) is 11.8. The van der Waals surface area contributed by atoms with E-state index in [1.54, 1.807) is 0 Å². The number of nitrogens with one attached hydrogen (secondary N) is 1. The molecule has 1 heterocycles. The molecule has 108 valence electrons. The maximum absolute atomic E-state index is 11.7. The molecule has 19 heavy (non-hydrogen) atoms. The van der Waals surface area contributed by atoms with Crippen molar-refractivity contribution in [3.63, 3.8) is 0 Å². The van der Waals surface area contributed by atoms with Gasteiger partial charge < -0.3 is 4.74 Å². The molecule has 0 amide bonds. The van der Waals surface area contributed by atoms with Gasteiger partial charge in [-0.15, -0.1) is 0 Å². The van der Waals surface area contributed by atoms with E-state index in [0.29, 0.717) is 0 Å². The Hall–Kier alpha value is -0.540. The Kier molecular flexibility index (Phi) is 6.34. The molecule has 0 radical (unpaired) electrons. The highest BCUT2D eigenvalue weighted by atomic mass is 35.5. The lowest BCUT2D eigenvalue weighted by Crippen LogP contribution is -2.28. The largest absolute Gasteiger partial charge is 0.374 e. The first-order valence-corrected chi connectivity index (χ1v) is 7.23. The number of sulfonamides is 1. The molecule has 0 aliphatic rings. The molecule has 0 saturated heterocycles. The molecule has 1 N–H and O–H groups in total. The van der Waals surface area contributed by atoms with Crippen molar-refractivity contribution in [3.05, 3.63) is 22.4 Å². The monoisotopic (exact) mass is 334 g/mol. The first-order chi connectivity index (χ1) is 8.83. The molecule has 1 rings (SSSR count). The van der Waals surface area contributed by atoms with Crippen LogP contribution in [0.25, 0.3) is 0 Å². The Labute approximate surface area is 118 Å². The van der Waals surface area contributed by atoms with Gasteiger partial charge in [-0.3, -0.25) is 0 Å². The number of hydrogen-bond acceptors (Lipinski definition) is 4. The highest BCUT2D eigenvalue weighted by Gasteiger charge is 2.15. The average molecular weight is 335 g/mol. The van der Waals surface area contributed by atoms with Gasteiger partial charge in [-0.1, -0.05) is 23.2 Å². The summed E-state index contributed by atoms with van der Waals surface area (Å²) in [5, 5.41) is -0.0145. The SMILES string of the molecule is O=S(=O)(NCCOCC(F)F)c1cnc(Cl)c(Cl)c1. The van der Waals surface area contributed by atoms with Crippen molar-refractivity contribution in [3.8, 4) is 0 Å². The zero-order chi connectivity index (χ0) is 14.5. The highest BCUT2D eigenvalue weighted by Crippen LogP contribution is 2.21. The molecular weight excluding hydrogens is 325 g/mol. The molecule has 0 aliphatic carbocycles. The van der Waals surface area contributed by atoms with Crippen LogP contribution in [0.5, 0.6) is 0 Å². The van der Waals surface area contributed by atoms with Crippen LogP contribution in [0.4, 0.5) is 8.78 Å². The number of alkyl halides is 2. The molecule has 1 aromatic rings. The number of ether oxygens (including phenoxy) is 1. The Morgan fingerprint density at radius 3 is 2.68 bits per heavy atom. The van der Waals surface area contributed by atoms with Crippen molar-refractivity contribution in [2.75, 3.05) is 19.8 Å². The molecule has 10 heteroatoms. The van der Waals surface area contributed by atoms with Crippen LogP contribution in [0, 0.1) is 0 Å². The van der Waals surface area contributed by atoms with Gasteiger partial charge in [0.05, 0.1) is 11.6 Å². The molecule has 0 spiro atoms. The molecule has 0 unspecified atom stereocenters. The summed E-state index contributed by atoms with van der Waals surface area (Å²) in [5.41, 5.74) is 0. The lowest BCUT2D eigenvalue weighted by Gasteiger charge is -2.07. The van der Waals surface area contributed by atoms with Gasteiger partial charge in [0.15, 0.2) is 0 Å². The summed E-state index contributed by atoms with van der Waals surface area (Å²) in [7, 11) is -3.82. The lowest BCUT2D eigenvalue weighted by atomic mass is 10.5. The van der Waals surface area contributed by atoms with Crippen LogP contribution in [0.3, 0.4) is 0 Å². The fourth-order valence-electron chi connectivity index (χ4n) is 1.05. The van der Waals surface area contributed by atoms with Crippen LogP contribution in [0.15, 0.2) is 17.2 Å². The molecule has 0 fully saturated rings. The molecule has 0 aromatic carbocycles. The van der Waals surface area contributed by atoms with Crippen molar-refractivity contribution < 1.29 is 21.9 Å². The average Bonchev–Trinajstić information content (AvgIpc) is 2.31. The summed E-state index contributed by atoms with van der Waals surface area (Å²) in [5.74, 6) is 0. The molecule has 0 atom stereocenters. The summed E-state index contributed by atoms with van der Waals surface area (Å²) in [6.07, 6.45) is -1.55. The third-order valence-corrected chi connectivity index (χ3v) is 3.98. The van der Waals surface area contributed by atoms with Crippen LogP contribution in [-0.4, -0.2) is 39.6 Å². The van der Waals surface area contributed by atoms with Crippen molar-refractivity contribution in [1.29, 1.82) is 0 Å². The summed E-state index contributed by atoms with van der Waals surface area (Å²) >= 11 is 11.2. The van der Waals surface area contributed by atoms with E-state index in [4.69, 9.17) is 23.2 Å². The number of rotatable bonds is 7. The van der Waals surface area contributed by atoms with Crippen molar-refractivity contribution >= 4 is 33.2 Å². The second-order valence-electron chi connectivity index (χ2n) is 3.31. The maximum Gasteiger partial charge on any atom is 0.261 e. The Morgan fingerprint density at radius 1 is 1.42 bits per heavy atom. The smallest absolute Gasteiger partial charge is 0.261 e. The van der Waals surface area contributed by atoms with Gasteiger partial charge in [0, 0.05) is 12.7 Å². The second kappa shape index (κ2) is 7.30. The number of aromatic nitrogens is 1. The van der Waals surface area contributed by atoms with Crippen LogP contribution in [-0.2, 0) is 14.8 Å². The van der Waals surface area contributed by atoms with E-state index in [1.807, 2.05) is 0 Å². The third-order valence-electron chi connectivity index (χ3n) is 1.86. The standard InChI is InChI=1S/C9H10Cl2F2N2O3S/c10-7-3-6(4-14-9(7)11)19(16,17)15-1-2-18-5-8(12)13/h3-4,8,15H,1-2,5H2. The highest BCUT2D eigenvalue weighted by molar-refractivity contribution is 7.89. The van der Waals surface area contributed by atoms with E-state index >= 15 is 0 Å². The van der Waals surface area contributed by atoms with Gasteiger partial charge in [-0.05, 0) is 6.07 Å². The predicted molar refractivity (Wildman–Crippen MR) is 66.3 cm³/mol. The maximum atomic E-state index is 11.7. The minimum absolute atomic E-state index is 0.00140. The Balaban J connectivity index is 2.54. The molecule has 0 aliphatic heterocycles. The number of hydrogen-bond donors (Lipinski definition) is 1. The Bertz CT molecular complexity index is 528. The topological polar surface area (TPSA) is 68.3 Å². The molecule has 0 saturated carbocycles. The quantitative estimate of drug-likeness (QED) is 0.611. The van der Waals surface area contributed by atoms with Gasteiger partial charge in [0.2, 0.25) is 10.0 Å². The van der Waals surface area contributed by atoms with Gasteiger partial charge in [-0.2, -0.15) is 0 Å². The minimum Gasteiger partial charge on any atom is -0.374 e. The summed E-state index contributed by atoms with van der Waals surface area (Å²) in [4.78, 5) is 3.43. The minimum atomic E-state index is -3.82. The fourth-order valence-corrected chi connectivity index (χ4v) is 2.37. The van der Waals surface area contributed by atoms with Crippen LogP contribution in [0.1, 0.15) is 0 Å².